The molecule has 2 fully saturated rings. The van der Waals surface area contributed by atoms with Crippen LogP contribution in [0.15, 0.2) is 18.3 Å². The van der Waals surface area contributed by atoms with Crippen molar-refractivity contribution in [1.29, 1.82) is 0 Å². The van der Waals surface area contributed by atoms with Crippen molar-refractivity contribution < 1.29 is 28.6 Å². The fourth-order valence-corrected chi connectivity index (χ4v) is 3.31. The van der Waals surface area contributed by atoms with E-state index >= 15 is 0 Å². The first kappa shape index (κ1) is 20.8. The lowest BCUT2D eigenvalue weighted by Crippen LogP contribution is -2.43. The van der Waals surface area contributed by atoms with Crippen LogP contribution >= 0.6 is 0 Å². The van der Waals surface area contributed by atoms with E-state index in [2.05, 4.69) is 10.3 Å². The Morgan fingerprint density at radius 2 is 2.07 bits per heavy atom. The molecule has 0 spiro atoms. The quantitative estimate of drug-likeness (QED) is 0.704. The predicted molar refractivity (Wildman–Crippen MR) is 103 cm³/mol. The van der Waals surface area contributed by atoms with E-state index in [1.54, 1.807) is 23.2 Å². The molecule has 3 amide bonds. The lowest BCUT2D eigenvalue weighted by atomic mass is 10.1. The number of methoxy groups -OCH3 is 1. The number of ether oxygens (including phenoxy) is 3. The van der Waals surface area contributed by atoms with Crippen LogP contribution in [0.4, 0.5) is 10.5 Å². The minimum atomic E-state index is -0.469. The highest BCUT2D eigenvalue weighted by Gasteiger charge is 2.32. The minimum Gasteiger partial charge on any atom is -0.474 e. The van der Waals surface area contributed by atoms with Crippen molar-refractivity contribution >= 4 is 23.6 Å². The van der Waals surface area contributed by atoms with Gasteiger partial charge in [0.15, 0.2) is 0 Å². The van der Waals surface area contributed by atoms with Gasteiger partial charge in [-0.25, -0.2) is 9.78 Å². The van der Waals surface area contributed by atoms with E-state index in [0.29, 0.717) is 31.2 Å². The highest BCUT2D eigenvalue weighted by molar-refractivity contribution is 5.89. The first-order valence-electron chi connectivity index (χ1n) is 9.58. The molecule has 2 aliphatic rings. The van der Waals surface area contributed by atoms with Gasteiger partial charge in [-0.2, -0.15) is 0 Å². The molecule has 29 heavy (non-hydrogen) atoms. The molecular weight excluding hydrogens is 380 g/mol. The molecule has 0 bridgehead atoms. The van der Waals surface area contributed by atoms with E-state index in [1.807, 2.05) is 0 Å². The van der Waals surface area contributed by atoms with Crippen molar-refractivity contribution in [3.05, 3.63) is 18.3 Å². The van der Waals surface area contributed by atoms with Crippen molar-refractivity contribution in [2.24, 2.45) is 0 Å². The van der Waals surface area contributed by atoms with Crippen molar-refractivity contribution in [2.75, 3.05) is 44.8 Å². The summed E-state index contributed by atoms with van der Waals surface area (Å²) in [7, 11) is 1.51. The van der Waals surface area contributed by atoms with Gasteiger partial charge in [0.05, 0.1) is 25.0 Å². The molecule has 3 heterocycles. The number of anilines is 1. The Kier molecular flexibility index (Phi) is 6.86. The van der Waals surface area contributed by atoms with Crippen LogP contribution in [0.1, 0.15) is 19.8 Å². The average molecular weight is 406 g/mol. The van der Waals surface area contributed by atoms with E-state index in [1.165, 1.54) is 18.9 Å². The average Bonchev–Trinajstić information content (AvgIpc) is 3.08. The molecule has 10 heteroatoms. The summed E-state index contributed by atoms with van der Waals surface area (Å²) < 4.78 is 16.0. The van der Waals surface area contributed by atoms with Gasteiger partial charge in [-0.05, 0) is 6.07 Å². The summed E-state index contributed by atoms with van der Waals surface area (Å²) in [6.45, 7) is 3.38. The Morgan fingerprint density at radius 1 is 1.31 bits per heavy atom. The highest BCUT2D eigenvalue weighted by atomic mass is 16.6. The molecule has 1 aromatic heterocycles. The molecule has 1 atom stereocenters. The Morgan fingerprint density at radius 3 is 2.69 bits per heavy atom. The Labute approximate surface area is 169 Å². The molecular formula is C19H26N4O6. The zero-order valence-corrected chi connectivity index (χ0v) is 16.6. The van der Waals surface area contributed by atoms with Crippen molar-refractivity contribution in [3.8, 4) is 5.88 Å². The summed E-state index contributed by atoms with van der Waals surface area (Å²) >= 11 is 0. The zero-order chi connectivity index (χ0) is 20.8. The molecule has 0 unspecified atom stereocenters. The molecule has 0 aliphatic carbocycles. The summed E-state index contributed by atoms with van der Waals surface area (Å²) in [5, 5.41) is 2.64. The molecule has 3 rings (SSSR count). The number of carbonyl (C=O) groups excluding carboxylic acids is 3. The lowest BCUT2D eigenvalue weighted by Gasteiger charge is -2.31. The smallest absolute Gasteiger partial charge is 0.414 e. The number of rotatable bonds is 7. The van der Waals surface area contributed by atoms with Gasteiger partial charge in [0.2, 0.25) is 17.7 Å². The van der Waals surface area contributed by atoms with Gasteiger partial charge < -0.3 is 24.4 Å². The van der Waals surface area contributed by atoms with Crippen LogP contribution in [0, 0.1) is 0 Å². The maximum Gasteiger partial charge on any atom is 0.414 e. The second kappa shape index (κ2) is 9.55. The number of amides is 3. The number of carbonyl (C=O) groups is 3. The second-order valence-electron chi connectivity index (χ2n) is 7.04. The zero-order valence-electron chi connectivity index (χ0n) is 16.6. The molecule has 1 aromatic rings. The number of hydrogen-bond acceptors (Lipinski definition) is 7. The van der Waals surface area contributed by atoms with Crippen LogP contribution in [0.5, 0.6) is 5.88 Å². The van der Waals surface area contributed by atoms with Crippen LogP contribution in [-0.2, 0) is 19.1 Å². The third-order valence-electron chi connectivity index (χ3n) is 4.84. The Bertz CT molecular complexity index is 733. The summed E-state index contributed by atoms with van der Waals surface area (Å²) in [6, 6.07) is 3.47. The van der Waals surface area contributed by atoms with Crippen molar-refractivity contribution in [2.45, 2.75) is 32.0 Å². The normalized spacial score (nSPS) is 19.8. The van der Waals surface area contributed by atoms with E-state index < -0.39 is 12.2 Å². The fourth-order valence-electron chi connectivity index (χ4n) is 3.31. The van der Waals surface area contributed by atoms with Gasteiger partial charge in [0.1, 0.15) is 18.8 Å². The Hall–Kier alpha value is -2.88. The van der Waals surface area contributed by atoms with Gasteiger partial charge in [-0.15, -0.1) is 0 Å². The van der Waals surface area contributed by atoms with Crippen molar-refractivity contribution in [1.82, 2.24) is 15.2 Å². The first-order chi connectivity index (χ1) is 14.0. The third-order valence-corrected chi connectivity index (χ3v) is 4.84. The summed E-state index contributed by atoms with van der Waals surface area (Å²) in [5.41, 5.74) is 0.604. The van der Waals surface area contributed by atoms with Gasteiger partial charge in [0.25, 0.3) is 0 Å². The second-order valence-corrected chi connectivity index (χ2v) is 7.04. The number of pyridine rings is 1. The maximum absolute atomic E-state index is 12.1. The first-order valence-corrected chi connectivity index (χ1v) is 9.58. The summed E-state index contributed by atoms with van der Waals surface area (Å²) in [6.07, 6.45) is 2.13. The molecule has 158 valence electrons. The lowest BCUT2D eigenvalue weighted by molar-refractivity contribution is -0.136. The van der Waals surface area contributed by atoms with Crippen molar-refractivity contribution in [3.63, 3.8) is 0 Å². The van der Waals surface area contributed by atoms with Gasteiger partial charge in [-0.3, -0.25) is 14.5 Å². The molecule has 0 aromatic carbocycles. The van der Waals surface area contributed by atoms with Crippen LogP contribution in [-0.4, -0.2) is 79.9 Å². The number of piperidine rings is 1. The fraction of sp³-hybridized carbons (Fsp3) is 0.579. The maximum atomic E-state index is 12.1. The number of cyclic esters (lactones) is 1. The summed E-state index contributed by atoms with van der Waals surface area (Å²) in [5.74, 6) is 0.289. The number of nitrogens with zero attached hydrogens (tertiary/aromatic N) is 3. The van der Waals surface area contributed by atoms with Gasteiger partial charge >= 0.3 is 6.09 Å². The number of hydrogen-bond donors (Lipinski definition) is 1. The van der Waals surface area contributed by atoms with Crippen LogP contribution in [0.25, 0.3) is 0 Å². The minimum absolute atomic E-state index is 0.0114. The summed E-state index contributed by atoms with van der Waals surface area (Å²) in [4.78, 5) is 42.4. The van der Waals surface area contributed by atoms with E-state index in [-0.39, 0.29) is 31.1 Å². The molecule has 2 saturated heterocycles. The molecule has 0 saturated carbocycles. The van der Waals surface area contributed by atoms with E-state index in [0.717, 1.165) is 12.8 Å². The molecule has 10 nitrogen and oxygen atoms in total. The highest BCUT2D eigenvalue weighted by Crippen LogP contribution is 2.24. The van der Waals surface area contributed by atoms with Crippen LogP contribution in [0.2, 0.25) is 0 Å². The monoisotopic (exact) mass is 406 g/mol. The topological polar surface area (TPSA) is 110 Å². The molecule has 2 aliphatic heterocycles. The SMILES string of the molecule is COCC(=O)N1CCC(Oc2ccc(N3C[C@H](CNC(C)=O)OC3=O)cn2)CC1. The molecule has 1 N–H and O–H groups in total. The standard InChI is InChI=1S/C19H26N4O6/c1-13(24)20-10-16-11-23(19(26)29-16)14-3-4-17(21-9-14)28-15-5-7-22(8-6-15)18(25)12-27-2/h3-4,9,15-16H,5-8,10-12H2,1-2H3,(H,20,24)/t16-/m0/s1. The number of likely N-dealkylation sites (tertiary alicyclic amines) is 1. The predicted octanol–water partition coefficient (Wildman–Crippen LogP) is 0.559. The Balaban J connectivity index is 1.49. The third kappa shape index (κ3) is 5.57. The van der Waals surface area contributed by atoms with E-state index in [9.17, 15) is 14.4 Å². The number of nitrogens with one attached hydrogen (secondary N) is 1. The number of aromatic nitrogens is 1. The van der Waals surface area contributed by atoms with Crippen LogP contribution < -0.4 is 15.0 Å². The molecule has 0 radical (unpaired) electrons. The van der Waals surface area contributed by atoms with Crippen LogP contribution in [0.3, 0.4) is 0 Å². The largest absolute Gasteiger partial charge is 0.474 e. The van der Waals surface area contributed by atoms with Gasteiger partial charge in [0, 0.05) is 46.0 Å². The van der Waals surface area contributed by atoms with Gasteiger partial charge in [-0.1, -0.05) is 0 Å². The van der Waals surface area contributed by atoms with E-state index in [4.69, 9.17) is 14.2 Å².